The van der Waals surface area contributed by atoms with Crippen LogP contribution in [-0.4, -0.2) is 11.6 Å². The van der Waals surface area contributed by atoms with Gasteiger partial charge in [0.1, 0.15) is 6.61 Å². The van der Waals surface area contributed by atoms with Crippen LogP contribution in [0.2, 0.25) is 0 Å². The third-order valence-electron chi connectivity index (χ3n) is 4.02. The summed E-state index contributed by atoms with van der Waals surface area (Å²) in [5.41, 5.74) is 3.40. The van der Waals surface area contributed by atoms with Crippen molar-refractivity contribution in [1.29, 1.82) is 0 Å². The van der Waals surface area contributed by atoms with Gasteiger partial charge in [0.2, 0.25) is 0 Å². The van der Waals surface area contributed by atoms with Crippen LogP contribution in [0.4, 0.5) is 0 Å². The van der Waals surface area contributed by atoms with E-state index in [4.69, 9.17) is 9.47 Å². The van der Waals surface area contributed by atoms with Gasteiger partial charge in [-0.1, -0.05) is 52.3 Å². The van der Waals surface area contributed by atoms with Gasteiger partial charge in [-0.25, -0.2) is 0 Å². The Morgan fingerprint density at radius 1 is 0.926 bits per heavy atom. The predicted octanol–water partition coefficient (Wildman–Crippen LogP) is 5.11. The number of hydrogen-bond donors (Lipinski definition) is 1. The molecule has 0 amide bonds. The fourth-order valence-corrected chi connectivity index (χ4v) is 3.14. The Balaban J connectivity index is 1.67. The number of rotatable bonds is 9. The average molecular weight is 427 g/mol. The van der Waals surface area contributed by atoms with Crippen LogP contribution in [0.25, 0.3) is 0 Å². The molecule has 1 aromatic heterocycles. The van der Waals surface area contributed by atoms with Crippen LogP contribution in [0.15, 0.2) is 71.5 Å². The molecule has 140 valence electrons. The molecule has 0 fully saturated rings. The molecular formula is C22H23BrN2O2. The van der Waals surface area contributed by atoms with Gasteiger partial charge in [0.15, 0.2) is 11.5 Å². The van der Waals surface area contributed by atoms with E-state index in [1.807, 2.05) is 61.7 Å². The first-order chi connectivity index (χ1) is 13.3. The van der Waals surface area contributed by atoms with E-state index in [0.29, 0.717) is 19.8 Å². The Morgan fingerprint density at radius 3 is 2.44 bits per heavy atom. The molecule has 0 bridgehead atoms. The fraction of sp³-hybridized carbons (Fsp3) is 0.227. The maximum absolute atomic E-state index is 6.00. The van der Waals surface area contributed by atoms with Crippen LogP contribution in [-0.2, 0) is 19.7 Å². The molecule has 0 saturated heterocycles. The molecule has 4 nitrogen and oxygen atoms in total. The highest BCUT2D eigenvalue weighted by atomic mass is 79.9. The smallest absolute Gasteiger partial charge is 0.162 e. The van der Waals surface area contributed by atoms with Gasteiger partial charge in [-0.15, -0.1) is 0 Å². The molecule has 3 aromatic rings. The van der Waals surface area contributed by atoms with E-state index in [1.54, 1.807) is 6.20 Å². The lowest BCUT2D eigenvalue weighted by atomic mass is 10.2. The normalized spacial score (nSPS) is 10.6. The SMILES string of the molecule is CCOc1cc(CNCc2cccnc2)c(Br)cc1OCc1ccccc1. The predicted molar refractivity (Wildman–Crippen MR) is 111 cm³/mol. The molecule has 1 heterocycles. The summed E-state index contributed by atoms with van der Waals surface area (Å²) in [6.07, 6.45) is 3.65. The van der Waals surface area contributed by atoms with Crippen LogP contribution < -0.4 is 14.8 Å². The van der Waals surface area contributed by atoms with Crippen molar-refractivity contribution in [3.05, 3.63) is 88.2 Å². The minimum absolute atomic E-state index is 0.506. The van der Waals surface area contributed by atoms with Crippen LogP contribution in [0, 0.1) is 0 Å². The van der Waals surface area contributed by atoms with Gasteiger partial charge in [0.25, 0.3) is 0 Å². The third-order valence-corrected chi connectivity index (χ3v) is 4.76. The van der Waals surface area contributed by atoms with Crippen molar-refractivity contribution < 1.29 is 9.47 Å². The second kappa shape index (κ2) is 10.1. The number of aromatic nitrogens is 1. The lowest BCUT2D eigenvalue weighted by Crippen LogP contribution is -2.13. The fourth-order valence-electron chi connectivity index (χ4n) is 2.67. The summed E-state index contributed by atoms with van der Waals surface area (Å²) in [5.74, 6) is 1.50. The van der Waals surface area contributed by atoms with Crippen LogP contribution in [0.3, 0.4) is 0 Å². The van der Waals surface area contributed by atoms with Gasteiger partial charge in [0.05, 0.1) is 6.61 Å². The quantitative estimate of drug-likeness (QED) is 0.515. The van der Waals surface area contributed by atoms with Crippen molar-refractivity contribution in [2.24, 2.45) is 0 Å². The van der Waals surface area contributed by atoms with E-state index in [2.05, 4.69) is 32.3 Å². The standard InChI is InChI=1S/C22H23BrN2O2/c1-2-26-21-11-19(15-25-14-18-9-6-10-24-13-18)20(23)12-22(21)27-16-17-7-4-3-5-8-17/h3-13,25H,2,14-16H2,1H3. The van der Waals surface area contributed by atoms with Gasteiger partial charge < -0.3 is 14.8 Å². The first kappa shape index (κ1) is 19.4. The molecule has 0 unspecified atom stereocenters. The minimum Gasteiger partial charge on any atom is -0.490 e. The van der Waals surface area contributed by atoms with E-state index < -0.39 is 0 Å². The van der Waals surface area contributed by atoms with Crippen molar-refractivity contribution in [3.8, 4) is 11.5 Å². The number of ether oxygens (including phenoxy) is 2. The molecule has 1 N–H and O–H groups in total. The van der Waals surface area contributed by atoms with Gasteiger partial charge in [-0.3, -0.25) is 4.98 Å². The summed E-state index contributed by atoms with van der Waals surface area (Å²) in [7, 11) is 0. The number of pyridine rings is 1. The summed E-state index contributed by atoms with van der Waals surface area (Å²) in [5, 5.41) is 3.44. The summed E-state index contributed by atoms with van der Waals surface area (Å²) in [6, 6.07) is 18.1. The molecule has 0 aliphatic carbocycles. The van der Waals surface area contributed by atoms with Crippen molar-refractivity contribution in [1.82, 2.24) is 10.3 Å². The first-order valence-electron chi connectivity index (χ1n) is 8.98. The molecule has 3 rings (SSSR count). The number of nitrogens with one attached hydrogen (secondary N) is 1. The summed E-state index contributed by atoms with van der Waals surface area (Å²) < 4.78 is 12.8. The molecule has 0 aliphatic heterocycles. The highest BCUT2D eigenvalue weighted by Crippen LogP contribution is 2.34. The lowest BCUT2D eigenvalue weighted by Gasteiger charge is -2.15. The Kier molecular flexibility index (Phi) is 7.25. The maximum atomic E-state index is 6.00. The zero-order valence-corrected chi connectivity index (χ0v) is 16.9. The van der Waals surface area contributed by atoms with Crippen LogP contribution >= 0.6 is 15.9 Å². The van der Waals surface area contributed by atoms with Gasteiger partial charge in [0, 0.05) is 30.0 Å². The minimum atomic E-state index is 0.506. The Bertz CT molecular complexity index is 842. The van der Waals surface area contributed by atoms with Crippen molar-refractivity contribution in [3.63, 3.8) is 0 Å². The van der Waals surface area contributed by atoms with E-state index >= 15 is 0 Å². The largest absolute Gasteiger partial charge is 0.490 e. The topological polar surface area (TPSA) is 43.4 Å². The van der Waals surface area contributed by atoms with Gasteiger partial charge in [-0.2, -0.15) is 0 Å². The summed E-state index contributed by atoms with van der Waals surface area (Å²) in [4.78, 5) is 4.14. The summed E-state index contributed by atoms with van der Waals surface area (Å²) in [6.45, 7) is 4.55. The van der Waals surface area contributed by atoms with Crippen molar-refractivity contribution >= 4 is 15.9 Å². The molecular weight excluding hydrogens is 404 g/mol. The number of halogens is 1. The molecule has 0 atom stereocenters. The molecule has 2 aromatic carbocycles. The van der Waals surface area contributed by atoms with E-state index in [-0.39, 0.29) is 0 Å². The third kappa shape index (κ3) is 5.81. The Morgan fingerprint density at radius 2 is 1.70 bits per heavy atom. The molecule has 0 radical (unpaired) electrons. The van der Waals surface area contributed by atoms with Crippen LogP contribution in [0.1, 0.15) is 23.6 Å². The molecule has 5 heteroatoms. The van der Waals surface area contributed by atoms with Gasteiger partial charge >= 0.3 is 0 Å². The number of benzene rings is 2. The second-order valence-electron chi connectivity index (χ2n) is 6.06. The second-order valence-corrected chi connectivity index (χ2v) is 6.92. The van der Waals surface area contributed by atoms with Crippen molar-refractivity contribution in [2.75, 3.05) is 6.61 Å². The Hall–Kier alpha value is -2.37. The molecule has 0 aliphatic rings. The Labute approximate surface area is 168 Å². The average Bonchev–Trinajstić information content (AvgIpc) is 2.71. The lowest BCUT2D eigenvalue weighted by molar-refractivity contribution is 0.269. The molecule has 0 spiro atoms. The zero-order chi connectivity index (χ0) is 18.9. The zero-order valence-electron chi connectivity index (χ0n) is 15.3. The van der Waals surface area contributed by atoms with Crippen molar-refractivity contribution in [2.45, 2.75) is 26.6 Å². The van der Waals surface area contributed by atoms with E-state index in [0.717, 1.165) is 39.2 Å². The maximum Gasteiger partial charge on any atom is 0.162 e. The summed E-state index contributed by atoms with van der Waals surface area (Å²) >= 11 is 3.66. The molecule has 27 heavy (non-hydrogen) atoms. The number of nitrogens with zero attached hydrogens (tertiary/aromatic N) is 1. The monoisotopic (exact) mass is 426 g/mol. The highest BCUT2D eigenvalue weighted by Gasteiger charge is 2.11. The highest BCUT2D eigenvalue weighted by molar-refractivity contribution is 9.10. The van der Waals surface area contributed by atoms with E-state index in [1.165, 1.54) is 0 Å². The van der Waals surface area contributed by atoms with E-state index in [9.17, 15) is 0 Å². The van der Waals surface area contributed by atoms with Gasteiger partial charge in [-0.05, 0) is 41.8 Å². The van der Waals surface area contributed by atoms with Crippen LogP contribution in [0.5, 0.6) is 11.5 Å². The molecule has 0 saturated carbocycles. The number of hydrogen-bond acceptors (Lipinski definition) is 4. The first-order valence-corrected chi connectivity index (χ1v) is 9.77.